The van der Waals surface area contributed by atoms with Crippen LogP contribution >= 0.6 is 0 Å². The highest BCUT2D eigenvalue weighted by molar-refractivity contribution is 6.00. The summed E-state index contributed by atoms with van der Waals surface area (Å²) in [6.45, 7) is 7.68. The molecular formula is C29H39N3O5. The van der Waals surface area contributed by atoms with Crippen molar-refractivity contribution in [2.24, 2.45) is 11.3 Å². The summed E-state index contributed by atoms with van der Waals surface area (Å²) in [7, 11) is 2.91. The summed E-state index contributed by atoms with van der Waals surface area (Å²) in [4.78, 5) is 37.6. The van der Waals surface area contributed by atoms with E-state index >= 15 is 0 Å². The Kier molecular flexibility index (Phi) is 9.18. The average molecular weight is 510 g/mol. The number of aryl methyl sites for hydroxylation is 1. The van der Waals surface area contributed by atoms with Crippen molar-refractivity contribution in [3.05, 3.63) is 53.6 Å². The first kappa shape index (κ1) is 28.0. The van der Waals surface area contributed by atoms with Gasteiger partial charge in [-0.05, 0) is 79.3 Å². The van der Waals surface area contributed by atoms with Crippen LogP contribution < -0.4 is 20.7 Å². The Morgan fingerprint density at radius 2 is 1.57 bits per heavy atom. The zero-order valence-electron chi connectivity index (χ0n) is 22.6. The number of hydrogen-bond acceptors (Lipinski definition) is 5. The summed E-state index contributed by atoms with van der Waals surface area (Å²) in [6.07, 6.45) is 3.29. The van der Waals surface area contributed by atoms with Crippen molar-refractivity contribution in [3.8, 4) is 5.75 Å². The normalized spacial score (nSPS) is 18.3. The number of carbonyl (C=O) groups excluding carboxylic acids is 3. The molecule has 0 radical (unpaired) electrons. The van der Waals surface area contributed by atoms with Gasteiger partial charge in [0.05, 0.1) is 19.9 Å². The third kappa shape index (κ3) is 7.47. The Bertz CT molecular complexity index is 1100. The molecule has 8 heteroatoms. The highest BCUT2D eigenvalue weighted by Crippen LogP contribution is 2.36. The van der Waals surface area contributed by atoms with Crippen LogP contribution in [-0.4, -0.2) is 38.2 Å². The summed E-state index contributed by atoms with van der Waals surface area (Å²) in [6, 6.07) is 12.4. The number of carbonyl (C=O) groups is 3. The van der Waals surface area contributed by atoms with Crippen LogP contribution in [0.25, 0.3) is 0 Å². The van der Waals surface area contributed by atoms with Gasteiger partial charge < -0.3 is 25.4 Å². The van der Waals surface area contributed by atoms with Crippen molar-refractivity contribution >= 4 is 29.3 Å². The van der Waals surface area contributed by atoms with Gasteiger partial charge in [-0.3, -0.25) is 4.79 Å². The van der Waals surface area contributed by atoms with Crippen LogP contribution in [0.1, 0.15) is 63.5 Å². The standard InChI is InChI=1S/C29H39N3O5/c1-18-7-16-24(36-5)23(17-18)31-28(35)30-22-14-12-20(13-15-22)19-8-10-21(11-9-19)26(33)32-25(27(34)37-6)29(2,3)4/h7,12-17,19,21,25H,8-11H2,1-6H3,(H,32,33)(H2,30,31,35)/t19?,21?,25-/m1/s1. The van der Waals surface area contributed by atoms with Gasteiger partial charge in [-0.15, -0.1) is 0 Å². The molecule has 2 aromatic carbocycles. The quantitative estimate of drug-likeness (QED) is 0.420. The van der Waals surface area contributed by atoms with Crippen LogP contribution in [0.2, 0.25) is 0 Å². The SMILES string of the molecule is COC(=O)[C@@H](NC(=O)C1CCC(c2ccc(NC(=O)Nc3cc(C)ccc3OC)cc2)CC1)C(C)(C)C. The van der Waals surface area contributed by atoms with Gasteiger partial charge in [-0.2, -0.15) is 0 Å². The van der Waals surface area contributed by atoms with E-state index in [0.717, 1.165) is 31.2 Å². The maximum absolute atomic E-state index is 12.9. The number of hydrogen-bond donors (Lipinski definition) is 3. The van der Waals surface area contributed by atoms with E-state index in [9.17, 15) is 14.4 Å². The second-order valence-electron chi connectivity index (χ2n) is 10.8. The molecule has 200 valence electrons. The number of anilines is 2. The van der Waals surface area contributed by atoms with Crippen molar-refractivity contribution in [1.29, 1.82) is 0 Å². The minimum atomic E-state index is -0.674. The zero-order chi connectivity index (χ0) is 27.2. The van der Waals surface area contributed by atoms with Crippen LogP contribution in [0.15, 0.2) is 42.5 Å². The van der Waals surface area contributed by atoms with Crippen LogP contribution in [0.5, 0.6) is 5.75 Å². The first-order valence-corrected chi connectivity index (χ1v) is 12.7. The number of benzene rings is 2. The molecule has 2 aromatic rings. The molecule has 0 bridgehead atoms. The highest BCUT2D eigenvalue weighted by atomic mass is 16.5. The Morgan fingerprint density at radius 3 is 2.14 bits per heavy atom. The topological polar surface area (TPSA) is 106 Å². The van der Waals surface area contributed by atoms with E-state index < -0.39 is 17.4 Å². The summed E-state index contributed by atoms with van der Waals surface area (Å²) in [5.74, 6) is 0.325. The summed E-state index contributed by atoms with van der Waals surface area (Å²) >= 11 is 0. The van der Waals surface area contributed by atoms with Crippen molar-refractivity contribution < 1.29 is 23.9 Å². The zero-order valence-corrected chi connectivity index (χ0v) is 22.6. The second kappa shape index (κ2) is 12.1. The maximum atomic E-state index is 12.9. The lowest BCUT2D eigenvalue weighted by Crippen LogP contribution is -2.51. The lowest BCUT2D eigenvalue weighted by atomic mass is 9.78. The largest absolute Gasteiger partial charge is 0.495 e. The summed E-state index contributed by atoms with van der Waals surface area (Å²) < 4.78 is 10.2. The molecule has 37 heavy (non-hydrogen) atoms. The minimum Gasteiger partial charge on any atom is -0.495 e. The molecule has 1 aliphatic carbocycles. The minimum absolute atomic E-state index is 0.0837. The second-order valence-corrected chi connectivity index (χ2v) is 10.8. The number of urea groups is 1. The van der Waals surface area contributed by atoms with Crippen molar-refractivity contribution in [2.45, 2.75) is 65.3 Å². The molecule has 0 unspecified atom stereocenters. The highest BCUT2D eigenvalue weighted by Gasteiger charge is 2.36. The van der Waals surface area contributed by atoms with Crippen molar-refractivity contribution in [1.82, 2.24) is 5.32 Å². The lowest BCUT2D eigenvalue weighted by Gasteiger charge is -2.33. The van der Waals surface area contributed by atoms with Gasteiger partial charge in [0.15, 0.2) is 0 Å². The molecule has 1 saturated carbocycles. The van der Waals surface area contributed by atoms with Crippen molar-refractivity contribution in [2.75, 3.05) is 24.9 Å². The molecule has 3 rings (SSSR count). The van der Waals surface area contributed by atoms with Gasteiger partial charge in [0.2, 0.25) is 5.91 Å². The monoisotopic (exact) mass is 509 g/mol. The van der Waals surface area contributed by atoms with Gasteiger partial charge in [-0.25, -0.2) is 9.59 Å². The molecule has 3 amide bonds. The van der Waals surface area contributed by atoms with E-state index in [-0.39, 0.29) is 17.9 Å². The maximum Gasteiger partial charge on any atom is 0.328 e. The van der Waals surface area contributed by atoms with Crippen LogP contribution in [0.3, 0.4) is 0 Å². The molecular weight excluding hydrogens is 470 g/mol. The fraction of sp³-hybridized carbons (Fsp3) is 0.483. The molecule has 1 fully saturated rings. The molecule has 3 N–H and O–H groups in total. The molecule has 1 atom stereocenters. The summed E-state index contributed by atoms with van der Waals surface area (Å²) in [5.41, 5.74) is 3.07. The molecule has 0 heterocycles. The average Bonchev–Trinajstić information content (AvgIpc) is 2.86. The van der Waals surface area contributed by atoms with E-state index in [1.54, 1.807) is 7.11 Å². The third-order valence-corrected chi connectivity index (χ3v) is 6.93. The van der Waals surface area contributed by atoms with E-state index in [1.807, 2.05) is 70.2 Å². The van der Waals surface area contributed by atoms with Crippen molar-refractivity contribution in [3.63, 3.8) is 0 Å². The summed E-state index contributed by atoms with van der Waals surface area (Å²) in [5, 5.41) is 8.61. The van der Waals surface area contributed by atoms with Gasteiger partial charge in [0, 0.05) is 11.6 Å². The van der Waals surface area contributed by atoms with Crippen LogP contribution in [-0.2, 0) is 14.3 Å². The number of amides is 3. The smallest absolute Gasteiger partial charge is 0.328 e. The number of nitrogens with one attached hydrogen (secondary N) is 3. The third-order valence-electron chi connectivity index (χ3n) is 6.93. The van der Waals surface area contributed by atoms with Crippen LogP contribution in [0, 0.1) is 18.3 Å². The van der Waals surface area contributed by atoms with Gasteiger partial charge >= 0.3 is 12.0 Å². The Hall–Kier alpha value is -3.55. The van der Waals surface area contributed by atoms with Gasteiger partial charge in [-0.1, -0.05) is 39.0 Å². The molecule has 0 aliphatic heterocycles. The van der Waals surface area contributed by atoms with E-state index in [4.69, 9.17) is 9.47 Å². The van der Waals surface area contributed by atoms with Gasteiger partial charge in [0.1, 0.15) is 11.8 Å². The number of methoxy groups -OCH3 is 2. The predicted octanol–water partition coefficient (Wildman–Crippen LogP) is 5.63. The Morgan fingerprint density at radius 1 is 0.919 bits per heavy atom. The molecule has 0 spiro atoms. The molecule has 0 saturated heterocycles. The van der Waals surface area contributed by atoms with Crippen LogP contribution in [0.4, 0.5) is 16.2 Å². The van der Waals surface area contributed by atoms with E-state index in [2.05, 4.69) is 16.0 Å². The lowest BCUT2D eigenvalue weighted by molar-refractivity contribution is -0.149. The number of rotatable bonds is 7. The number of ether oxygens (including phenoxy) is 2. The van der Waals surface area contributed by atoms with E-state index in [0.29, 0.717) is 23.0 Å². The first-order chi connectivity index (χ1) is 17.5. The Labute approximate surface area is 219 Å². The molecule has 1 aliphatic rings. The number of esters is 1. The fourth-order valence-corrected chi connectivity index (χ4v) is 4.74. The van der Waals surface area contributed by atoms with Gasteiger partial charge in [0.25, 0.3) is 0 Å². The fourth-order valence-electron chi connectivity index (χ4n) is 4.74. The van der Waals surface area contributed by atoms with E-state index in [1.165, 1.54) is 12.7 Å². The molecule has 8 nitrogen and oxygen atoms in total. The molecule has 0 aromatic heterocycles. The Balaban J connectivity index is 1.53. The predicted molar refractivity (Wildman–Crippen MR) is 145 cm³/mol. The first-order valence-electron chi connectivity index (χ1n) is 12.7.